The van der Waals surface area contributed by atoms with Gasteiger partial charge in [-0.3, -0.25) is 9.78 Å². The van der Waals surface area contributed by atoms with Crippen LogP contribution in [-0.4, -0.2) is 35.9 Å². The van der Waals surface area contributed by atoms with Crippen LogP contribution in [0.2, 0.25) is 0 Å². The highest BCUT2D eigenvalue weighted by Crippen LogP contribution is 2.17. The Bertz CT molecular complexity index is 383. The zero-order valence-electron chi connectivity index (χ0n) is 11.7. The van der Waals surface area contributed by atoms with E-state index in [1.807, 2.05) is 25.2 Å². The fourth-order valence-corrected chi connectivity index (χ4v) is 2.31. The molecule has 1 aromatic heterocycles. The molecule has 0 aliphatic carbocycles. The van der Waals surface area contributed by atoms with Crippen molar-refractivity contribution >= 4 is 30.7 Å². The summed E-state index contributed by atoms with van der Waals surface area (Å²) in [7, 11) is 1.86. The summed E-state index contributed by atoms with van der Waals surface area (Å²) in [5.74, 6) is 0.775. The number of nitrogens with one attached hydrogen (secondary N) is 1. The molecule has 1 N–H and O–H groups in total. The number of hydrogen-bond acceptors (Lipinski definition) is 3. The molecule has 1 aromatic rings. The Morgan fingerprint density at radius 2 is 2.05 bits per heavy atom. The number of aromatic nitrogens is 1. The van der Waals surface area contributed by atoms with Crippen LogP contribution >= 0.6 is 24.8 Å². The monoisotopic (exact) mass is 319 g/mol. The maximum Gasteiger partial charge on any atom is 0.222 e. The molecule has 0 spiro atoms. The lowest BCUT2D eigenvalue weighted by Crippen LogP contribution is -2.33. The predicted octanol–water partition coefficient (Wildman–Crippen LogP) is 2.27. The highest BCUT2D eigenvalue weighted by Gasteiger charge is 2.19. The molecule has 6 heteroatoms. The molecule has 20 heavy (non-hydrogen) atoms. The van der Waals surface area contributed by atoms with Crippen molar-refractivity contribution in [2.75, 3.05) is 20.1 Å². The molecule has 1 aliphatic heterocycles. The summed E-state index contributed by atoms with van der Waals surface area (Å²) in [6.45, 7) is 2.69. The van der Waals surface area contributed by atoms with Gasteiger partial charge in [-0.1, -0.05) is 6.07 Å². The summed E-state index contributed by atoms with van der Waals surface area (Å²) in [4.78, 5) is 18.1. The Labute approximate surface area is 133 Å². The molecule has 1 aliphatic rings. The number of piperidine rings is 1. The quantitative estimate of drug-likeness (QED) is 0.926. The van der Waals surface area contributed by atoms with Crippen LogP contribution in [0.5, 0.6) is 0 Å². The lowest BCUT2D eigenvalue weighted by molar-refractivity contribution is -0.131. The van der Waals surface area contributed by atoms with Gasteiger partial charge in [-0.15, -0.1) is 24.8 Å². The third-order valence-corrected chi connectivity index (χ3v) is 3.47. The first-order chi connectivity index (χ1) is 8.75. The van der Waals surface area contributed by atoms with Crippen LogP contribution in [0.3, 0.4) is 0 Å². The van der Waals surface area contributed by atoms with Gasteiger partial charge in [0.05, 0.1) is 12.2 Å². The first kappa shape index (κ1) is 19.2. The molecule has 114 valence electrons. The SMILES string of the molecule is CN(Cc1ccccn1)C(=O)CC1CCNCC1.Cl.Cl. The van der Waals surface area contributed by atoms with Gasteiger partial charge < -0.3 is 10.2 Å². The molecule has 0 atom stereocenters. The highest BCUT2D eigenvalue weighted by molar-refractivity contribution is 5.85. The van der Waals surface area contributed by atoms with Crippen molar-refractivity contribution in [1.82, 2.24) is 15.2 Å². The Hall–Kier alpha value is -0.840. The first-order valence-electron chi connectivity index (χ1n) is 6.60. The Balaban J connectivity index is 0.00000180. The second kappa shape index (κ2) is 9.97. The van der Waals surface area contributed by atoms with Gasteiger partial charge in [0.1, 0.15) is 0 Å². The summed E-state index contributed by atoms with van der Waals surface area (Å²) in [6.07, 6.45) is 4.66. The summed E-state index contributed by atoms with van der Waals surface area (Å²) >= 11 is 0. The second-order valence-corrected chi connectivity index (χ2v) is 4.97. The molecule has 0 radical (unpaired) electrons. The zero-order valence-corrected chi connectivity index (χ0v) is 13.4. The number of carbonyl (C=O) groups excluding carboxylic acids is 1. The van der Waals surface area contributed by atoms with Crippen LogP contribution < -0.4 is 5.32 Å². The number of pyridine rings is 1. The third-order valence-electron chi connectivity index (χ3n) is 3.47. The van der Waals surface area contributed by atoms with E-state index in [2.05, 4.69) is 10.3 Å². The van der Waals surface area contributed by atoms with Gasteiger partial charge in [0.25, 0.3) is 0 Å². The molecule has 0 bridgehead atoms. The summed E-state index contributed by atoms with van der Waals surface area (Å²) in [6, 6.07) is 5.79. The topological polar surface area (TPSA) is 45.2 Å². The molecule has 0 aromatic carbocycles. The van der Waals surface area contributed by atoms with Gasteiger partial charge in [-0.25, -0.2) is 0 Å². The summed E-state index contributed by atoms with van der Waals surface area (Å²) in [5.41, 5.74) is 0.943. The molecule has 0 unspecified atom stereocenters. The molecular weight excluding hydrogens is 297 g/mol. The fraction of sp³-hybridized carbons (Fsp3) is 0.571. The van der Waals surface area contributed by atoms with Gasteiger partial charge in [-0.2, -0.15) is 0 Å². The maximum atomic E-state index is 12.1. The Kier molecular flexibility index (Phi) is 9.55. The normalized spacial score (nSPS) is 14.8. The Morgan fingerprint density at radius 1 is 1.35 bits per heavy atom. The van der Waals surface area contributed by atoms with Crippen molar-refractivity contribution in [2.24, 2.45) is 5.92 Å². The van der Waals surface area contributed by atoms with E-state index in [-0.39, 0.29) is 30.7 Å². The van der Waals surface area contributed by atoms with E-state index in [0.29, 0.717) is 18.9 Å². The highest BCUT2D eigenvalue weighted by atomic mass is 35.5. The summed E-state index contributed by atoms with van der Waals surface area (Å²) in [5, 5.41) is 3.32. The van der Waals surface area contributed by atoms with E-state index in [4.69, 9.17) is 0 Å². The molecular formula is C14H23Cl2N3O. The number of nitrogens with zero attached hydrogens (tertiary/aromatic N) is 2. The molecule has 0 saturated carbocycles. The molecule has 1 amide bonds. The van der Waals surface area contributed by atoms with E-state index in [0.717, 1.165) is 31.6 Å². The average Bonchev–Trinajstić information content (AvgIpc) is 2.41. The minimum absolute atomic E-state index is 0. The average molecular weight is 320 g/mol. The van der Waals surface area contributed by atoms with Crippen molar-refractivity contribution in [3.8, 4) is 0 Å². The number of carbonyl (C=O) groups is 1. The van der Waals surface area contributed by atoms with Crippen molar-refractivity contribution in [1.29, 1.82) is 0 Å². The smallest absolute Gasteiger partial charge is 0.222 e. The molecule has 1 fully saturated rings. The van der Waals surface area contributed by atoms with Crippen molar-refractivity contribution in [3.05, 3.63) is 30.1 Å². The molecule has 1 saturated heterocycles. The van der Waals surface area contributed by atoms with Crippen LogP contribution in [-0.2, 0) is 11.3 Å². The predicted molar refractivity (Wildman–Crippen MR) is 85.4 cm³/mol. The van der Waals surface area contributed by atoms with E-state index in [9.17, 15) is 4.79 Å². The van der Waals surface area contributed by atoms with Gasteiger partial charge in [0, 0.05) is 19.7 Å². The van der Waals surface area contributed by atoms with Gasteiger partial charge >= 0.3 is 0 Å². The van der Waals surface area contributed by atoms with E-state index >= 15 is 0 Å². The molecule has 2 heterocycles. The lowest BCUT2D eigenvalue weighted by atomic mass is 9.94. The van der Waals surface area contributed by atoms with Gasteiger partial charge in [0.2, 0.25) is 5.91 Å². The van der Waals surface area contributed by atoms with Gasteiger partial charge in [-0.05, 0) is 44.0 Å². The number of hydrogen-bond donors (Lipinski definition) is 1. The van der Waals surface area contributed by atoms with Crippen LogP contribution in [0.25, 0.3) is 0 Å². The minimum Gasteiger partial charge on any atom is -0.340 e. The van der Waals surface area contributed by atoms with Crippen LogP contribution in [0, 0.1) is 5.92 Å². The maximum absolute atomic E-state index is 12.1. The fourth-order valence-electron chi connectivity index (χ4n) is 2.31. The lowest BCUT2D eigenvalue weighted by Gasteiger charge is -2.24. The van der Waals surface area contributed by atoms with Crippen molar-refractivity contribution in [2.45, 2.75) is 25.8 Å². The molecule has 2 rings (SSSR count). The molecule has 4 nitrogen and oxygen atoms in total. The second-order valence-electron chi connectivity index (χ2n) is 4.97. The van der Waals surface area contributed by atoms with Gasteiger partial charge in [0.15, 0.2) is 0 Å². The number of rotatable bonds is 4. The van der Waals surface area contributed by atoms with E-state index in [1.165, 1.54) is 0 Å². The number of amides is 1. The third kappa shape index (κ3) is 6.07. The van der Waals surface area contributed by atoms with E-state index in [1.54, 1.807) is 11.1 Å². The summed E-state index contributed by atoms with van der Waals surface area (Å²) < 4.78 is 0. The van der Waals surface area contributed by atoms with Crippen LogP contribution in [0.4, 0.5) is 0 Å². The van der Waals surface area contributed by atoms with Crippen LogP contribution in [0.1, 0.15) is 25.0 Å². The Morgan fingerprint density at radius 3 is 2.65 bits per heavy atom. The number of halogens is 2. The van der Waals surface area contributed by atoms with Crippen molar-refractivity contribution < 1.29 is 4.79 Å². The van der Waals surface area contributed by atoms with Crippen LogP contribution in [0.15, 0.2) is 24.4 Å². The largest absolute Gasteiger partial charge is 0.340 e. The standard InChI is InChI=1S/C14H21N3O.2ClH/c1-17(11-13-4-2-3-7-16-13)14(18)10-12-5-8-15-9-6-12;;/h2-4,7,12,15H,5-6,8-11H2,1H3;2*1H. The first-order valence-corrected chi connectivity index (χ1v) is 6.60. The van der Waals surface area contributed by atoms with E-state index < -0.39 is 0 Å². The zero-order chi connectivity index (χ0) is 12.8. The van der Waals surface area contributed by atoms with Crippen molar-refractivity contribution in [3.63, 3.8) is 0 Å². The minimum atomic E-state index is 0.